The first kappa shape index (κ1) is 27.0. The number of amides is 4. The summed E-state index contributed by atoms with van der Waals surface area (Å²) in [5.74, 6) is -1.02. The van der Waals surface area contributed by atoms with Crippen molar-refractivity contribution >= 4 is 23.8 Å². The van der Waals surface area contributed by atoms with Crippen LogP contribution in [0.15, 0.2) is 12.2 Å². The largest absolute Gasteiger partial charge is 0.444 e. The highest BCUT2D eigenvalue weighted by atomic mass is 16.6. The van der Waals surface area contributed by atoms with Gasteiger partial charge in [0.05, 0.1) is 6.07 Å². The van der Waals surface area contributed by atoms with E-state index in [-0.39, 0.29) is 41.9 Å². The van der Waals surface area contributed by atoms with Crippen molar-refractivity contribution in [2.75, 3.05) is 13.1 Å². The van der Waals surface area contributed by atoms with Crippen molar-refractivity contribution in [1.29, 1.82) is 5.26 Å². The number of alkyl carbamates (subject to hydrolysis) is 1. The van der Waals surface area contributed by atoms with Crippen molar-refractivity contribution in [2.45, 2.75) is 89.4 Å². The van der Waals surface area contributed by atoms with Gasteiger partial charge in [-0.15, -0.1) is 0 Å². The molecule has 10 nitrogen and oxygen atoms in total. The van der Waals surface area contributed by atoms with Crippen LogP contribution >= 0.6 is 0 Å². The maximum atomic E-state index is 13.8. The van der Waals surface area contributed by atoms with Gasteiger partial charge < -0.3 is 25.6 Å². The lowest BCUT2D eigenvalue weighted by atomic mass is 9.81. The third-order valence-electron chi connectivity index (χ3n) is 8.03. The minimum absolute atomic E-state index is 0.0176. The minimum Gasteiger partial charge on any atom is -0.444 e. The van der Waals surface area contributed by atoms with Gasteiger partial charge in [-0.1, -0.05) is 18.6 Å². The Morgan fingerprint density at radius 1 is 1.16 bits per heavy atom. The van der Waals surface area contributed by atoms with Crippen molar-refractivity contribution in [3.8, 4) is 6.07 Å². The molecule has 0 radical (unpaired) electrons. The summed E-state index contributed by atoms with van der Waals surface area (Å²) in [6.07, 6.45) is 7.84. The van der Waals surface area contributed by atoms with Crippen LogP contribution in [0.25, 0.3) is 0 Å². The maximum absolute atomic E-state index is 13.8. The quantitative estimate of drug-likeness (QED) is 0.458. The monoisotopic (exact) mass is 513 g/mol. The molecule has 0 aromatic carbocycles. The molecule has 4 rings (SSSR count). The third-order valence-corrected chi connectivity index (χ3v) is 8.03. The van der Waals surface area contributed by atoms with Gasteiger partial charge in [-0.25, -0.2) is 4.79 Å². The molecule has 0 bridgehead atoms. The summed E-state index contributed by atoms with van der Waals surface area (Å²) in [7, 11) is 0. The zero-order chi connectivity index (χ0) is 26.7. The average molecular weight is 514 g/mol. The van der Waals surface area contributed by atoms with E-state index in [1.807, 2.05) is 12.2 Å². The molecule has 202 valence electrons. The lowest BCUT2D eigenvalue weighted by Crippen LogP contribution is -2.56. The second-order valence-electron chi connectivity index (χ2n) is 11.8. The van der Waals surface area contributed by atoms with Crippen molar-refractivity contribution in [3.05, 3.63) is 12.2 Å². The molecular formula is C27H39N5O5. The Balaban J connectivity index is 1.64. The van der Waals surface area contributed by atoms with E-state index in [1.54, 1.807) is 25.7 Å². The zero-order valence-corrected chi connectivity index (χ0v) is 22.0. The Labute approximate surface area is 218 Å². The van der Waals surface area contributed by atoms with Crippen LogP contribution in [0.3, 0.4) is 0 Å². The Morgan fingerprint density at radius 2 is 1.95 bits per heavy atom. The van der Waals surface area contributed by atoms with E-state index in [4.69, 9.17) is 4.74 Å². The fraction of sp³-hybridized carbons (Fsp3) is 0.741. The van der Waals surface area contributed by atoms with Crippen LogP contribution in [0.4, 0.5) is 4.79 Å². The first-order valence-electron chi connectivity index (χ1n) is 13.5. The summed E-state index contributed by atoms with van der Waals surface area (Å²) in [6, 6.07) is -0.231. The zero-order valence-electron chi connectivity index (χ0n) is 22.0. The van der Waals surface area contributed by atoms with Crippen LogP contribution in [0.2, 0.25) is 0 Å². The molecule has 0 aromatic heterocycles. The van der Waals surface area contributed by atoms with Crippen LogP contribution in [-0.4, -0.2) is 65.5 Å². The maximum Gasteiger partial charge on any atom is 0.408 e. The molecule has 4 aliphatic rings. The molecule has 0 aromatic rings. The van der Waals surface area contributed by atoms with Gasteiger partial charge in [-0.3, -0.25) is 14.4 Å². The summed E-state index contributed by atoms with van der Waals surface area (Å²) in [5.41, 5.74) is -0.718. The lowest BCUT2D eigenvalue weighted by Gasteiger charge is -2.33. The van der Waals surface area contributed by atoms with Crippen molar-refractivity contribution in [3.63, 3.8) is 0 Å². The number of rotatable bonds is 1. The van der Waals surface area contributed by atoms with Crippen LogP contribution in [0, 0.1) is 35.0 Å². The number of piperidine rings is 1. The molecule has 7 atom stereocenters. The fourth-order valence-electron chi connectivity index (χ4n) is 6.37. The van der Waals surface area contributed by atoms with E-state index >= 15 is 0 Å². The summed E-state index contributed by atoms with van der Waals surface area (Å²) in [4.78, 5) is 54.3. The predicted octanol–water partition coefficient (Wildman–Crippen LogP) is 2.01. The van der Waals surface area contributed by atoms with Crippen LogP contribution in [0.5, 0.6) is 0 Å². The number of nitriles is 1. The van der Waals surface area contributed by atoms with E-state index in [0.717, 1.165) is 25.7 Å². The molecule has 4 amide bonds. The summed E-state index contributed by atoms with van der Waals surface area (Å²) >= 11 is 0. The molecular weight excluding hydrogens is 474 g/mol. The molecule has 3 aliphatic heterocycles. The number of nitrogens with one attached hydrogen (secondary N) is 3. The number of hydrogen-bond acceptors (Lipinski definition) is 6. The third kappa shape index (κ3) is 6.25. The Kier molecular flexibility index (Phi) is 8.10. The van der Waals surface area contributed by atoms with Gasteiger partial charge in [0.2, 0.25) is 17.7 Å². The number of ether oxygens (including phenoxy) is 1. The fourth-order valence-corrected chi connectivity index (χ4v) is 6.37. The summed E-state index contributed by atoms with van der Waals surface area (Å²) in [5, 5.41) is 18.3. The van der Waals surface area contributed by atoms with Gasteiger partial charge in [-0.05, 0) is 77.0 Å². The Morgan fingerprint density at radius 3 is 2.68 bits per heavy atom. The molecule has 1 aliphatic carbocycles. The Bertz CT molecular complexity index is 983. The SMILES string of the molecule is CC(C)(C)OC(=O)N[C@H]1CC/C=C/[C@H]2CCNC(=O)C2C[C@@H](C#N)NC(=O)[C@@H]2C3CCC[C@H]3CN2C1=O. The molecule has 3 fully saturated rings. The molecule has 2 unspecified atom stereocenters. The van der Waals surface area contributed by atoms with E-state index in [0.29, 0.717) is 25.9 Å². The minimum atomic E-state index is -0.853. The van der Waals surface area contributed by atoms with Gasteiger partial charge in [0.15, 0.2) is 0 Å². The first-order valence-corrected chi connectivity index (χ1v) is 13.5. The highest BCUT2D eigenvalue weighted by molar-refractivity contribution is 5.92. The number of carbonyl (C=O) groups is 4. The second kappa shape index (κ2) is 11.1. The topological polar surface area (TPSA) is 141 Å². The van der Waals surface area contributed by atoms with Crippen LogP contribution in [0.1, 0.15) is 65.7 Å². The van der Waals surface area contributed by atoms with Gasteiger partial charge >= 0.3 is 6.09 Å². The number of nitrogens with zero attached hydrogens (tertiary/aromatic N) is 2. The highest BCUT2D eigenvalue weighted by Gasteiger charge is 2.51. The molecule has 0 spiro atoms. The van der Waals surface area contributed by atoms with Crippen LogP contribution < -0.4 is 16.0 Å². The van der Waals surface area contributed by atoms with Gasteiger partial charge in [-0.2, -0.15) is 5.26 Å². The molecule has 2 saturated heterocycles. The van der Waals surface area contributed by atoms with E-state index in [1.165, 1.54) is 0 Å². The first-order chi connectivity index (χ1) is 17.6. The molecule has 3 N–H and O–H groups in total. The van der Waals surface area contributed by atoms with E-state index < -0.39 is 35.7 Å². The van der Waals surface area contributed by atoms with E-state index in [9.17, 15) is 24.4 Å². The number of hydrogen-bond donors (Lipinski definition) is 3. The normalized spacial score (nSPS) is 35.6. The number of allylic oxidation sites excluding steroid dienone is 2. The van der Waals surface area contributed by atoms with E-state index in [2.05, 4.69) is 22.0 Å². The molecule has 1 saturated carbocycles. The summed E-state index contributed by atoms with van der Waals surface area (Å²) < 4.78 is 5.42. The van der Waals surface area contributed by atoms with Gasteiger partial charge in [0.1, 0.15) is 23.7 Å². The van der Waals surface area contributed by atoms with Gasteiger partial charge in [0.25, 0.3) is 0 Å². The number of fused-ring (bicyclic) bond motifs is 4. The second-order valence-corrected chi connectivity index (χ2v) is 11.8. The smallest absolute Gasteiger partial charge is 0.408 e. The summed E-state index contributed by atoms with van der Waals surface area (Å²) in [6.45, 7) is 6.28. The van der Waals surface area contributed by atoms with Crippen LogP contribution in [-0.2, 0) is 19.1 Å². The lowest BCUT2D eigenvalue weighted by molar-refractivity contribution is -0.141. The van der Waals surface area contributed by atoms with Crippen molar-refractivity contribution < 1.29 is 23.9 Å². The number of carbonyl (C=O) groups excluding carboxylic acids is 4. The van der Waals surface area contributed by atoms with Gasteiger partial charge in [0, 0.05) is 19.0 Å². The molecule has 37 heavy (non-hydrogen) atoms. The molecule has 10 heteroatoms. The Hall–Kier alpha value is -3.09. The molecule has 3 heterocycles. The van der Waals surface area contributed by atoms with Crippen molar-refractivity contribution in [2.24, 2.45) is 23.7 Å². The highest BCUT2D eigenvalue weighted by Crippen LogP contribution is 2.42. The average Bonchev–Trinajstić information content (AvgIpc) is 3.41. The van der Waals surface area contributed by atoms with Crippen molar-refractivity contribution in [1.82, 2.24) is 20.9 Å². The standard InChI is InChI=1S/C27H39N5O5/c1-27(2,3)37-26(36)31-21-10-5-4-7-16-11-12-29-23(33)20(16)13-18(14-28)30-24(34)22-19-9-6-8-17(19)15-32(22)25(21)35/h4,7,16-22H,5-6,8-13,15H2,1-3H3,(H,29,33)(H,30,34)(H,31,36)/b7-4+/t16-,17-,18-,19?,20?,21-,22-/m0/s1. The predicted molar refractivity (Wildman–Crippen MR) is 135 cm³/mol.